The first kappa shape index (κ1) is 25.8. The predicted molar refractivity (Wildman–Crippen MR) is 99.1 cm³/mol. The molecular weight excluding hydrogens is 401 g/mol. The largest absolute Gasteiger partial charge is 0.460 e. The lowest BCUT2D eigenvalue weighted by Gasteiger charge is -2.37. The summed E-state index contributed by atoms with van der Waals surface area (Å²) < 4.78 is 56.9. The minimum absolute atomic E-state index is 0.0650. The normalized spacial score (nSPS) is 14.3. The van der Waals surface area contributed by atoms with Crippen molar-refractivity contribution in [2.75, 3.05) is 19.8 Å². The number of esters is 2. The zero-order valence-electron chi connectivity index (χ0n) is 16.6. The molecule has 0 radical (unpaired) electrons. The SMILES string of the molecule is CCCOC(COC(=O)/C=C/C(=O)OCC(F)(F)F)[Si](C)(C)O[Si](C)(C)C. The van der Waals surface area contributed by atoms with Gasteiger partial charge in [0.2, 0.25) is 8.32 Å². The molecule has 0 aromatic heterocycles. The Labute approximate surface area is 160 Å². The van der Waals surface area contributed by atoms with E-state index in [2.05, 4.69) is 24.4 Å². The van der Waals surface area contributed by atoms with Crippen LogP contribution in [0.5, 0.6) is 0 Å². The molecule has 0 heterocycles. The van der Waals surface area contributed by atoms with Crippen molar-refractivity contribution in [3.8, 4) is 0 Å². The first-order valence-corrected chi connectivity index (χ1v) is 15.0. The quantitative estimate of drug-likeness (QED) is 0.283. The van der Waals surface area contributed by atoms with Gasteiger partial charge in [0.05, 0.1) is 0 Å². The third kappa shape index (κ3) is 13.6. The summed E-state index contributed by atoms with van der Waals surface area (Å²) in [6.07, 6.45) is -2.52. The number of hydrogen-bond donors (Lipinski definition) is 0. The fourth-order valence-corrected chi connectivity index (χ4v) is 9.95. The van der Waals surface area contributed by atoms with Gasteiger partial charge in [-0.2, -0.15) is 13.2 Å². The lowest BCUT2D eigenvalue weighted by Crippen LogP contribution is -2.54. The number of hydrogen-bond acceptors (Lipinski definition) is 6. The zero-order valence-corrected chi connectivity index (χ0v) is 18.6. The molecule has 0 saturated carbocycles. The second kappa shape index (κ2) is 11.0. The van der Waals surface area contributed by atoms with Crippen LogP contribution < -0.4 is 0 Å². The molecule has 1 atom stereocenters. The van der Waals surface area contributed by atoms with Gasteiger partial charge in [0.25, 0.3) is 0 Å². The minimum atomic E-state index is -4.62. The molecule has 11 heteroatoms. The molecular formula is C16H29F3O6Si2. The Morgan fingerprint density at radius 1 is 1.00 bits per heavy atom. The summed E-state index contributed by atoms with van der Waals surface area (Å²) in [6, 6.07) is 0. The molecule has 0 aromatic carbocycles. The van der Waals surface area contributed by atoms with Gasteiger partial charge in [0.15, 0.2) is 14.9 Å². The van der Waals surface area contributed by atoms with E-state index >= 15 is 0 Å². The third-order valence-corrected chi connectivity index (χ3v) is 9.42. The van der Waals surface area contributed by atoms with E-state index in [0.717, 1.165) is 12.5 Å². The average Bonchev–Trinajstić information content (AvgIpc) is 2.47. The molecule has 0 amide bonds. The number of carbonyl (C=O) groups excluding carboxylic acids is 2. The van der Waals surface area contributed by atoms with Crippen LogP contribution in [0.15, 0.2) is 12.2 Å². The monoisotopic (exact) mass is 430 g/mol. The summed E-state index contributed by atoms with van der Waals surface area (Å²) in [5, 5.41) is 0. The minimum Gasteiger partial charge on any atom is -0.460 e. The number of ether oxygens (including phenoxy) is 3. The van der Waals surface area contributed by atoms with E-state index < -0.39 is 47.1 Å². The highest BCUT2D eigenvalue weighted by molar-refractivity contribution is 6.84. The lowest BCUT2D eigenvalue weighted by atomic mass is 10.5. The molecule has 0 aliphatic carbocycles. The Balaban J connectivity index is 4.71. The summed E-state index contributed by atoms with van der Waals surface area (Å²) >= 11 is 0. The molecule has 0 bridgehead atoms. The van der Waals surface area contributed by atoms with Crippen LogP contribution in [-0.2, 0) is 27.9 Å². The van der Waals surface area contributed by atoms with Crippen LogP contribution in [0.25, 0.3) is 0 Å². The summed E-state index contributed by atoms with van der Waals surface area (Å²) in [4.78, 5) is 22.9. The van der Waals surface area contributed by atoms with Crippen molar-refractivity contribution in [3.63, 3.8) is 0 Å². The smallest absolute Gasteiger partial charge is 0.422 e. The Morgan fingerprint density at radius 3 is 1.96 bits per heavy atom. The molecule has 158 valence electrons. The fourth-order valence-electron chi connectivity index (χ4n) is 2.11. The Bertz CT molecular complexity index is 515. The Kier molecular flexibility index (Phi) is 10.5. The molecule has 0 N–H and O–H groups in total. The van der Waals surface area contributed by atoms with Gasteiger partial charge in [-0.05, 0) is 39.2 Å². The summed E-state index contributed by atoms with van der Waals surface area (Å²) in [5.74, 6) is -2.15. The number of carbonyl (C=O) groups is 2. The number of rotatable bonds is 11. The first-order chi connectivity index (χ1) is 12.2. The molecule has 0 aliphatic rings. The van der Waals surface area contributed by atoms with Crippen LogP contribution in [0.3, 0.4) is 0 Å². The standard InChI is InChI=1S/C16H29F3O6Si2/c1-7-10-22-15(27(5,6)25-26(2,3)4)11-23-13(20)8-9-14(21)24-12-16(17,18)19/h8-9,15H,7,10-12H2,1-6H3/b9-8+. The van der Waals surface area contributed by atoms with Gasteiger partial charge in [-0.1, -0.05) is 6.92 Å². The molecule has 27 heavy (non-hydrogen) atoms. The van der Waals surface area contributed by atoms with E-state index in [9.17, 15) is 22.8 Å². The molecule has 0 spiro atoms. The molecule has 6 nitrogen and oxygen atoms in total. The van der Waals surface area contributed by atoms with Crippen molar-refractivity contribution in [2.24, 2.45) is 0 Å². The number of alkyl halides is 3. The van der Waals surface area contributed by atoms with Crippen molar-refractivity contribution in [1.82, 2.24) is 0 Å². The number of halogens is 3. The van der Waals surface area contributed by atoms with Crippen molar-refractivity contribution in [3.05, 3.63) is 12.2 Å². The van der Waals surface area contributed by atoms with Gasteiger partial charge in [-0.3, -0.25) is 0 Å². The van der Waals surface area contributed by atoms with E-state index in [0.29, 0.717) is 12.7 Å². The highest BCUT2D eigenvalue weighted by atomic mass is 28.4. The van der Waals surface area contributed by atoms with Crippen LogP contribution in [0, 0.1) is 0 Å². The predicted octanol–water partition coefficient (Wildman–Crippen LogP) is 3.58. The second-order valence-electron chi connectivity index (χ2n) is 7.36. The van der Waals surface area contributed by atoms with Gasteiger partial charge in [0, 0.05) is 18.8 Å². The van der Waals surface area contributed by atoms with Crippen molar-refractivity contribution in [1.29, 1.82) is 0 Å². The zero-order chi connectivity index (χ0) is 21.3. The van der Waals surface area contributed by atoms with Gasteiger partial charge in [0.1, 0.15) is 12.3 Å². The van der Waals surface area contributed by atoms with E-state index in [4.69, 9.17) is 13.6 Å². The Morgan fingerprint density at radius 2 is 1.52 bits per heavy atom. The summed E-state index contributed by atoms with van der Waals surface area (Å²) in [6.45, 7) is 10.8. The van der Waals surface area contributed by atoms with Crippen molar-refractivity contribution < 1.29 is 41.1 Å². The average molecular weight is 431 g/mol. The van der Waals surface area contributed by atoms with Crippen LogP contribution in [0.2, 0.25) is 32.7 Å². The van der Waals surface area contributed by atoms with Gasteiger partial charge >= 0.3 is 18.1 Å². The van der Waals surface area contributed by atoms with Crippen LogP contribution in [0.4, 0.5) is 13.2 Å². The van der Waals surface area contributed by atoms with Gasteiger partial charge < -0.3 is 18.3 Å². The summed E-state index contributed by atoms with van der Waals surface area (Å²) in [7, 11) is -4.16. The van der Waals surface area contributed by atoms with Crippen LogP contribution in [0.1, 0.15) is 13.3 Å². The maximum atomic E-state index is 11.9. The molecule has 0 fully saturated rings. The topological polar surface area (TPSA) is 71.1 Å². The van der Waals surface area contributed by atoms with Gasteiger partial charge in [-0.25, -0.2) is 9.59 Å². The maximum absolute atomic E-state index is 11.9. The highest BCUT2D eigenvalue weighted by Crippen LogP contribution is 2.20. The van der Waals surface area contributed by atoms with E-state index in [1.807, 2.05) is 20.0 Å². The molecule has 0 rings (SSSR count). The maximum Gasteiger partial charge on any atom is 0.422 e. The lowest BCUT2D eigenvalue weighted by molar-refractivity contribution is -0.182. The van der Waals surface area contributed by atoms with E-state index in [-0.39, 0.29) is 6.61 Å². The first-order valence-electron chi connectivity index (χ1n) is 8.56. The van der Waals surface area contributed by atoms with Crippen molar-refractivity contribution in [2.45, 2.75) is 58.0 Å². The van der Waals surface area contributed by atoms with Crippen molar-refractivity contribution >= 4 is 28.6 Å². The molecule has 0 saturated heterocycles. The molecule has 1 unspecified atom stereocenters. The van der Waals surface area contributed by atoms with Crippen LogP contribution >= 0.6 is 0 Å². The highest BCUT2D eigenvalue weighted by Gasteiger charge is 2.39. The second-order valence-corrected chi connectivity index (χ2v) is 16.3. The third-order valence-electron chi connectivity index (χ3n) is 2.98. The fraction of sp³-hybridized carbons (Fsp3) is 0.750. The molecule has 0 aliphatic heterocycles. The van der Waals surface area contributed by atoms with Crippen LogP contribution in [-0.4, -0.2) is 60.3 Å². The summed E-state index contributed by atoms with van der Waals surface area (Å²) in [5.41, 5.74) is -0.404. The Hall–Kier alpha value is -1.18. The van der Waals surface area contributed by atoms with E-state index in [1.165, 1.54) is 0 Å². The van der Waals surface area contributed by atoms with Gasteiger partial charge in [-0.15, -0.1) is 0 Å². The van der Waals surface area contributed by atoms with E-state index in [1.54, 1.807) is 0 Å². The molecule has 0 aromatic rings.